The second-order valence-electron chi connectivity index (χ2n) is 7.66. The molecule has 2 N–H and O–H groups in total. The Hall–Kier alpha value is -2.43. The van der Waals surface area contributed by atoms with Crippen LogP contribution in [0.5, 0.6) is 0 Å². The molecule has 0 atom stereocenters. The minimum Gasteiger partial charge on any atom is -0.351 e. The van der Waals surface area contributed by atoms with Crippen molar-refractivity contribution in [1.29, 1.82) is 0 Å². The van der Waals surface area contributed by atoms with Crippen LogP contribution in [0, 0.1) is 5.92 Å². The van der Waals surface area contributed by atoms with Gasteiger partial charge in [0.2, 0.25) is 5.95 Å². The van der Waals surface area contributed by atoms with Crippen molar-refractivity contribution < 1.29 is 4.79 Å². The zero-order valence-corrected chi connectivity index (χ0v) is 15.8. The van der Waals surface area contributed by atoms with E-state index in [1.165, 1.54) is 5.56 Å². The molecule has 0 unspecified atom stereocenters. The molecule has 0 saturated carbocycles. The zero-order chi connectivity index (χ0) is 18.4. The highest BCUT2D eigenvalue weighted by Gasteiger charge is 2.13. The maximum Gasteiger partial charge on any atom is 0.270 e. The number of benzene rings is 1. The largest absolute Gasteiger partial charge is 0.351 e. The van der Waals surface area contributed by atoms with Gasteiger partial charge in [-0.1, -0.05) is 46.8 Å². The van der Waals surface area contributed by atoms with Crippen LogP contribution in [-0.2, 0) is 5.41 Å². The van der Waals surface area contributed by atoms with Gasteiger partial charge in [-0.25, -0.2) is 9.97 Å². The van der Waals surface area contributed by atoms with E-state index in [1.54, 1.807) is 12.3 Å². The Balaban J connectivity index is 2.02. The summed E-state index contributed by atoms with van der Waals surface area (Å²) in [5.74, 6) is 0.799. The number of hydrogen-bond donors (Lipinski definition) is 2. The van der Waals surface area contributed by atoms with Gasteiger partial charge in [-0.05, 0) is 41.5 Å². The van der Waals surface area contributed by atoms with Crippen LogP contribution in [0.2, 0.25) is 0 Å². The normalized spacial score (nSPS) is 11.4. The molecule has 2 rings (SSSR count). The average molecular weight is 340 g/mol. The third-order valence-electron chi connectivity index (χ3n) is 3.90. The molecular formula is C20H28N4O. The van der Waals surface area contributed by atoms with Gasteiger partial charge in [-0.2, -0.15) is 0 Å². The van der Waals surface area contributed by atoms with Crippen LogP contribution < -0.4 is 10.6 Å². The molecule has 0 saturated heterocycles. The van der Waals surface area contributed by atoms with Crippen molar-refractivity contribution in [3.8, 4) is 0 Å². The summed E-state index contributed by atoms with van der Waals surface area (Å²) in [7, 11) is 0. The van der Waals surface area contributed by atoms with Gasteiger partial charge in [0, 0.05) is 18.4 Å². The second kappa shape index (κ2) is 8.10. The summed E-state index contributed by atoms with van der Waals surface area (Å²) in [6, 6.07) is 9.80. The van der Waals surface area contributed by atoms with Crippen molar-refractivity contribution in [3.05, 3.63) is 47.8 Å². The van der Waals surface area contributed by atoms with E-state index in [2.05, 4.69) is 67.4 Å². The summed E-state index contributed by atoms with van der Waals surface area (Å²) in [5.41, 5.74) is 2.64. The van der Waals surface area contributed by atoms with E-state index in [0.29, 0.717) is 24.1 Å². The number of carbonyl (C=O) groups excluding carboxylic acids is 1. The lowest BCUT2D eigenvalue weighted by Crippen LogP contribution is -2.26. The molecular weight excluding hydrogens is 312 g/mol. The first-order valence-corrected chi connectivity index (χ1v) is 8.74. The fourth-order valence-electron chi connectivity index (χ4n) is 2.29. The molecule has 134 valence electrons. The predicted octanol–water partition coefficient (Wildman–Crippen LogP) is 4.29. The first-order valence-electron chi connectivity index (χ1n) is 8.74. The molecule has 1 aromatic heterocycles. The van der Waals surface area contributed by atoms with Crippen molar-refractivity contribution in [3.63, 3.8) is 0 Å². The van der Waals surface area contributed by atoms with Crippen LogP contribution in [0.3, 0.4) is 0 Å². The van der Waals surface area contributed by atoms with Crippen LogP contribution >= 0.6 is 0 Å². The molecule has 0 fully saturated rings. The lowest BCUT2D eigenvalue weighted by atomic mass is 9.87. The van der Waals surface area contributed by atoms with Crippen molar-refractivity contribution in [2.45, 2.75) is 46.5 Å². The lowest BCUT2D eigenvalue weighted by molar-refractivity contribution is 0.0947. The van der Waals surface area contributed by atoms with E-state index in [0.717, 1.165) is 12.1 Å². The third-order valence-corrected chi connectivity index (χ3v) is 3.90. The monoisotopic (exact) mass is 340 g/mol. The van der Waals surface area contributed by atoms with Gasteiger partial charge < -0.3 is 10.6 Å². The minimum absolute atomic E-state index is 0.114. The van der Waals surface area contributed by atoms with E-state index in [9.17, 15) is 4.79 Å². The molecule has 0 spiro atoms. The molecule has 1 heterocycles. The number of hydrogen-bond acceptors (Lipinski definition) is 4. The fourth-order valence-corrected chi connectivity index (χ4v) is 2.29. The highest BCUT2D eigenvalue weighted by atomic mass is 16.1. The average Bonchev–Trinajstić information content (AvgIpc) is 2.54. The van der Waals surface area contributed by atoms with Crippen LogP contribution in [0.4, 0.5) is 11.6 Å². The molecule has 0 bridgehead atoms. The van der Waals surface area contributed by atoms with E-state index in [1.807, 2.05) is 12.1 Å². The summed E-state index contributed by atoms with van der Waals surface area (Å²) in [6.45, 7) is 11.4. The van der Waals surface area contributed by atoms with Crippen molar-refractivity contribution in [2.24, 2.45) is 5.92 Å². The smallest absolute Gasteiger partial charge is 0.270 e. The lowest BCUT2D eigenvalue weighted by Gasteiger charge is -2.19. The van der Waals surface area contributed by atoms with Crippen LogP contribution in [-0.4, -0.2) is 22.4 Å². The number of rotatable bonds is 6. The summed E-state index contributed by atoms with van der Waals surface area (Å²) in [5, 5.41) is 6.04. The van der Waals surface area contributed by atoms with Gasteiger partial charge in [-0.3, -0.25) is 4.79 Å². The molecule has 0 radical (unpaired) electrons. The Bertz CT molecular complexity index is 702. The van der Waals surface area contributed by atoms with Crippen LogP contribution in [0.1, 0.15) is 57.1 Å². The number of nitrogens with zero attached hydrogens (tertiary/aromatic N) is 2. The van der Waals surface area contributed by atoms with Gasteiger partial charge in [0.1, 0.15) is 5.69 Å². The van der Waals surface area contributed by atoms with Gasteiger partial charge in [0.25, 0.3) is 5.91 Å². The first kappa shape index (κ1) is 18.9. The molecule has 1 amide bonds. The maximum absolute atomic E-state index is 12.2. The Morgan fingerprint density at radius 3 is 2.40 bits per heavy atom. The molecule has 0 aliphatic heterocycles. The Morgan fingerprint density at radius 2 is 1.80 bits per heavy atom. The highest BCUT2D eigenvalue weighted by molar-refractivity contribution is 5.92. The quantitative estimate of drug-likeness (QED) is 0.823. The Morgan fingerprint density at radius 1 is 1.12 bits per heavy atom. The van der Waals surface area contributed by atoms with Crippen LogP contribution in [0.15, 0.2) is 36.5 Å². The standard InChI is InChI=1S/C20H28N4O/c1-14(2)10-12-21-18(25)17-11-13-22-19(24-17)23-16-8-6-15(7-9-16)20(3,4)5/h6-9,11,13-14H,10,12H2,1-5H3,(H,21,25)(H,22,23,24). The molecule has 5 heteroatoms. The van der Waals surface area contributed by atoms with E-state index in [-0.39, 0.29) is 11.3 Å². The summed E-state index contributed by atoms with van der Waals surface area (Å²) < 4.78 is 0. The van der Waals surface area contributed by atoms with E-state index >= 15 is 0 Å². The van der Waals surface area contributed by atoms with Gasteiger partial charge in [-0.15, -0.1) is 0 Å². The first-order chi connectivity index (χ1) is 11.8. The maximum atomic E-state index is 12.2. The Labute approximate surface area is 150 Å². The minimum atomic E-state index is -0.172. The van der Waals surface area contributed by atoms with Crippen molar-refractivity contribution >= 4 is 17.5 Å². The third kappa shape index (κ3) is 5.85. The number of aromatic nitrogens is 2. The molecule has 5 nitrogen and oxygen atoms in total. The summed E-state index contributed by atoms with van der Waals surface area (Å²) in [6.07, 6.45) is 2.54. The molecule has 0 aliphatic rings. The fraction of sp³-hybridized carbons (Fsp3) is 0.450. The Kier molecular flexibility index (Phi) is 6.12. The number of amides is 1. The SMILES string of the molecule is CC(C)CCNC(=O)c1ccnc(Nc2ccc(C(C)(C)C)cc2)n1. The topological polar surface area (TPSA) is 66.9 Å². The summed E-state index contributed by atoms with van der Waals surface area (Å²) in [4.78, 5) is 20.7. The van der Waals surface area contributed by atoms with Gasteiger partial charge >= 0.3 is 0 Å². The van der Waals surface area contributed by atoms with Crippen LogP contribution in [0.25, 0.3) is 0 Å². The highest BCUT2D eigenvalue weighted by Crippen LogP contribution is 2.24. The number of nitrogens with one attached hydrogen (secondary N) is 2. The predicted molar refractivity (Wildman–Crippen MR) is 102 cm³/mol. The van der Waals surface area contributed by atoms with E-state index in [4.69, 9.17) is 0 Å². The van der Waals surface area contributed by atoms with Gasteiger partial charge in [0.05, 0.1) is 0 Å². The zero-order valence-electron chi connectivity index (χ0n) is 15.8. The molecule has 2 aromatic rings. The second-order valence-corrected chi connectivity index (χ2v) is 7.66. The number of carbonyl (C=O) groups is 1. The molecule has 25 heavy (non-hydrogen) atoms. The molecule has 0 aliphatic carbocycles. The van der Waals surface area contributed by atoms with Gasteiger partial charge in [0.15, 0.2) is 0 Å². The van der Waals surface area contributed by atoms with E-state index < -0.39 is 0 Å². The van der Waals surface area contributed by atoms with Crippen molar-refractivity contribution in [2.75, 3.05) is 11.9 Å². The number of anilines is 2. The van der Waals surface area contributed by atoms with Crippen molar-refractivity contribution in [1.82, 2.24) is 15.3 Å². The molecule has 1 aromatic carbocycles. The summed E-state index contributed by atoms with van der Waals surface area (Å²) >= 11 is 0.